The molecular formula is C23H19ClN2O3. The van der Waals surface area contributed by atoms with Crippen LogP contribution >= 0.6 is 11.6 Å². The number of pyridine rings is 1. The molecular weight excluding hydrogens is 388 g/mol. The van der Waals surface area contributed by atoms with Gasteiger partial charge < -0.3 is 4.74 Å². The van der Waals surface area contributed by atoms with Gasteiger partial charge in [-0.1, -0.05) is 48.0 Å². The van der Waals surface area contributed by atoms with Crippen molar-refractivity contribution in [3.63, 3.8) is 0 Å². The Balaban J connectivity index is 1.52. The second-order valence-corrected chi connectivity index (χ2v) is 7.22. The Kier molecular flexibility index (Phi) is 5.58. The van der Waals surface area contributed by atoms with Gasteiger partial charge in [0, 0.05) is 18.2 Å². The molecule has 1 unspecified atom stereocenters. The fraction of sp³-hybridized carbons (Fsp3) is 0.174. The van der Waals surface area contributed by atoms with E-state index in [1.54, 1.807) is 6.20 Å². The zero-order chi connectivity index (χ0) is 20.2. The standard InChI is InChI=1S/C23H19ClN2O3/c24-22-18(5-3-6-19(22)20-11-12-21(27)26-23(20)28)15-7-9-17(10-8-15)29-14-16-4-1-2-13-25-16/h1-10,13,20H,11-12,14H2,(H,26,27,28). The van der Waals surface area contributed by atoms with Gasteiger partial charge in [0.2, 0.25) is 11.8 Å². The van der Waals surface area contributed by atoms with Gasteiger partial charge in [-0.25, -0.2) is 0 Å². The molecule has 1 aliphatic heterocycles. The summed E-state index contributed by atoms with van der Waals surface area (Å²) in [5.74, 6) is -0.212. The minimum absolute atomic E-state index is 0.236. The first kappa shape index (κ1) is 19.2. The topological polar surface area (TPSA) is 68.3 Å². The Morgan fingerprint density at radius 3 is 2.59 bits per heavy atom. The highest BCUT2D eigenvalue weighted by Gasteiger charge is 2.30. The number of rotatable bonds is 5. The van der Waals surface area contributed by atoms with Crippen LogP contribution in [0.25, 0.3) is 11.1 Å². The quantitative estimate of drug-likeness (QED) is 0.633. The number of piperidine rings is 1. The molecule has 1 aliphatic rings. The van der Waals surface area contributed by atoms with Gasteiger partial charge >= 0.3 is 0 Å². The predicted molar refractivity (Wildman–Crippen MR) is 111 cm³/mol. The van der Waals surface area contributed by atoms with Crippen molar-refractivity contribution in [3.05, 3.63) is 83.1 Å². The van der Waals surface area contributed by atoms with Crippen LogP contribution in [0.3, 0.4) is 0 Å². The lowest BCUT2D eigenvalue weighted by Gasteiger charge is -2.23. The van der Waals surface area contributed by atoms with E-state index in [1.807, 2.05) is 60.7 Å². The van der Waals surface area contributed by atoms with Crippen molar-refractivity contribution in [3.8, 4) is 16.9 Å². The van der Waals surface area contributed by atoms with Gasteiger partial charge in [0.25, 0.3) is 0 Å². The molecule has 1 aromatic heterocycles. The third-order valence-corrected chi connectivity index (χ3v) is 5.34. The van der Waals surface area contributed by atoms with Crippen molar-refractivity contribution in [2.24, 2.45) is 0 Å². The van der Waals surface area contributed by atoms with Crippen LogP contribution in [-0.4, -0.2) is 16.8 Å². The molecule has 2 aromatic carbocycles. The van der Waals surface area contributed by atoms with Gasteiger partial charge in [0.1, 0.15) is 12.4 Å². The summed E-state index contributed by atoms with van der Waals surface area (Å²) in [6.07, 6.45) is 2.52. The highest BCUT2D eigenvalue weighted by Crippen LogP contribution is 2.37. The largest absolute Gasteiger partial charge is 0.487 e. The molecule has 0 spiro atoms. The van der Waals surface area contributed by atoms with E-state index in [0.29, 0.717) is 24.5 Å². The third-order valence-electron chi connectivity index (χ3n) is 4.92. The van der Waals surface area contributed by atoms with Gasteiger partial charge in [-0.3, -0.25) is 19.9 Å². The highest BCUT2D eigenvalue weighted by molar-refractivity contribution is 6.34. The Morgan fingerprint density at radius 1 is 1.03 bits per heavy atom. The Hall–Kier alpha value is -3.18. The summed E-state index contributed by atoms with van der Waals surface area (Å²) in [6, 6.07) is 19.0. The number of nitrogens with zero attached hydrogens (tertiary/aromatic N) is 1. The molecule has 2 amide bonds. The monoisotopic (exact) mass is 406 g/mol. The van der Waals surface area contributed by atoms with Crippen LogP contribution in [-0.2, 0) is 16.2 Å². The van der Waals surface area contributed by atoms with Crippen LogP contribution in [0.15, 0.2) is 66.9 Å². The van der Waals surface area contributed by atoms with Gasteiger partial charge in [0.15, 0.2) is 0 Å². The van der Waals surface area contributed by atoms with E-state index in [2.05, 4.69) is 10.3 Å². The van der Waals surface area contributed by atoms with Crippen molar-refractivity contribution in [2.75, 3.05) is 0 Å². The van der Waals surface area contributed by atoms with E-state index in [9.17, 15) is 9.59 Å². The maximum Gasteiger partial charge on any atom is 0.234 e. The number of carbonyl (C=O) groups is 2. The van der Waals surface area contributed by atoms with Crippen LogP contribution in [0, 0.1) is 0 Å². The molecule has 3 aromatic rings. The molecule has 0 aliphatic carbocycles. The lowest BCUT2D eigenvalue weighted by atomic mass is 9.88. The predicted octanol–water partition coefficient (Wildman–Crippen LogP) is 4.50. The van der Waals surface area contributed by atoms with Gasteiger partial charge in [-0.15, -0.1) is 0 Å². The van der Waals surface area contributed by atoms with E-state index in [1.165, 1.54) is 0 Å². The Labute approximate surface area is 173 Å². The van der Waals surface area contributed by atoms with Crippen molar-refractivity contribution in [2.45, 2.75) is 25.4 Å². The Bertz CT molecular complexity index is 1040. The van der Waals surface area contributed by atoms with Crippen LogP contribution in [0.1, 0.15) is 30.0 Å². The van der Waals surface area contributed by atoms with Crippen molar-refractivity contribution >= 4 is 23.4 Å². The average Bonchev–Trinajstić information content (AvgIpc) is 2.74. The number of ether oxygens (including phenoxy) is 1. The first-order chi connectivity index (χ1) is 14.1. The number of carbonyl (C=O) groups excluding carboxylic acids is 2. The summed E-state index contributed by atoms with van der Waals surface area (Å²) in [5, 5.41) is 2.92. The summed E-state index contributed by atoms with van der Waals surface area (Å²) >= 11 is 6.65. The van der Waals surface area contributed by atoms with E-state index in [4.69, 9.17) is 16.3 Å². The molecule has 1 atom stereocenters. The van der Waals surface area contributed by atoms with E-state index in [-0.39, 0.29) is 11.8 Å². The smallest absolute Gasteiger partial charge is 0.234 e. The number of benzene rings is 2. The second-order valence-electron chi connectivity index (χ2n) is 6.85. The highest BCUT2D eigenvalue weighted by atomic mass is 35.5. The lowest BCUT2D eigenvalue weighted by molar-refractivity contribution is -0.134. The molecule has 146 valence electrons. The minimum atomic E-state index is -0.416. The molecule has 29 heavy (non-hydrogen) atoms. The SMILES string of the molecule is O=C1CCC(c2cccc(-c3ccc(OCc4ccccn4)cc3)c2Cl)C(=O)N1. The molecule has 0 bridgehead atoms. The number of nitrogens with one attached hydrogen (secondary N) is 1. The molecule has 6 heteroatoms. The molecule has 0 radical (unpaired) electrons. The van der Waals surface area contributed by atoms with Gasteiger partial charge in [-0.2, -0.15) is 0 Å². The maximum absolute atomic E-state index is 12.2. The molecule has 4 rings (SSSR count). The van der Waals surface area contributed by atoms with E-state index < -0.39 is 5.92 Å². The summed E-state index contributed by atoms with van der Waals surface area (Å²) in [7, 11) is 0. The maximum atomic E-state index is 12.2. The first-order valence-corrected chi connectivity index (χ1v) is 9.75. The summed E-state index contributed by atoms with van der Waals surface area (Å²) in [5.41, 5.74) is 3.36. The van der Waals surface area contributed by atoms with Crippen LogP contribution in [0.4, 0.5) is 0 Å². The van der Waals surface area contributed by atoms with Crippen LogP contribution in [0.2, 0.25) is 5.02 Å². The number of imide groups is 1. The normalized spacial score (nSPS) is 16.4. The number of amides is 2. The third kappa shape index (κ3) is 4.30. The number of hydrogen-bond acceptors (Lipinski definition) is 4. The number of halogens is 1. The van der Waals surface area contributed by atoms with Gasteiger partial charge in [-0.05, 0) is 41.8 Å². The molecule has 5 nitrogen and oxygen atoms in total. The van der Waals surface area contributed by atoms with E-state index in [0.717, 1.165) is 28.1 Å². The molecule has 1 fully saturated rings. The van der Waals surface area contributed by atoms with Crippen molar-refractivity contribution < 1.29 is 14.3 Å². The molecule has 2 heterocycles. The summed E-state index contributed by atoms with van der Waals surface area (Å²) in [6.45, 7) is 0.395. The van der Waals surface area contributed by atoms with Crippen molar-refractivity contribution in [1.29, 1.82) is 0 Å². The zero-order valence-corrected chi connectivity index (χ0v) is 16.4. The fourth-order valence-corrected chi connectivity index (χ4v) is 3.77. The fourth-order valence-electron chi connectivity index (χ4n) is 3.40. The lowest BCUT2D eigenvalue weighted by Crippen LogP contribution is -2.39. The average molecular weight is 407 g/mol. The number of hydrogen-bond donors (Lipinski definition) is 1. The summed E-state index contributed by atoms with van der Waals surface area (Å²) in [4.78, 5) is 27.9. The summed E-state index contributed by atoms with van der Waals surface area (Å²) < 4.78 is 5.78. The molecule has 1 N–H and O–H groups in total. The Morgan fingerprint density at radius 2 is 1.86 bits per heavy atom. The van der Waals surface area contributed by atoms with Crippen LogP contribution < -0.4 is 10.1 Å². The minimum Gasteiger partial charge on any atom is -0.487 e. The van der Waals surface area contributed by atoms with E-state index >= 15 is 0 Å². The zero-order valence-electron chi connectivity index (χ0n) is 15.6. The van der Waals surface area contributed by atoms with Crippen LogP contribution in [0.5, 0.6) is 5.75 Å². The first-order valence-electron chi connectivity index (χ1n) is 9.37. The second kappa shape index (κ2) is 8.45. The molecule has 1 saturated heterocycles. The van der Waals surface area contributed by atoms with Gasteiger partial charge in [0.05, 0.1) is 16.6 Å². The number of aromatic nitrogens is 1. The van der Waals surface area contributed by atoms with Crippen molar-refractivity contribution in [1.82, 2.24) is 10.3 Å². The molecule has 0 saturated carbocycles.